The van der Waals surface area contributed by atoms with Crippen molar-refractivity contribution in [1.82, 2.24) is 0 Å². The topological polar surface area (TPSA) is 0 Å². The van der Waals surface area contributed by atoms with Gasteiger partial charge in [0.1, 0.15) is 0 Å². The maximum atomic E-state index is 6.16. The van der Waals surface area contributed by atoms with Crippen LogP contribution in [-0.2, 0) is 6.42 Å². The van der Waals surface area contributed by atoms with E-state index in [-0.39, 0.29) is 0 Å². The largest absolute Gasteiger partial charge is 0.126 e. The van der Waals surface area contributed by atoms with Gasteiger partial charge < -0.3 is 0 Å². The van der Waals surface area contributed by atoms with Gasteiger partial charge in [0.2, 0.25) is 0 Å². The molecule has 0 saturated heterocycles. The Morgan fingerprint density at radius 1 is 1.00 bits per heavy atom. The van der Waals surface area contributed by atoms with Crippen LogP contribution >= 0.6 is 11.6 Å². The lowest BCUT2D eigenvalue weighted by molar-refractivity contribution is 0.759. The second-order valence-corrected chi connectivity index (χ2v) is 5.21. The lowest BCUT2D eigenvalue weighted by Crippen LogP contribution is -2.06. The third-order valence-electron chi connectivity index (χ3n) is 3.38. The zero-order chi connectivity index (χ0) is 13.0. The third kappa shape index (κ3) is 3.14. The number of hydrogen-bond donors (Lipinski definition) is 0. The number of halogens is 1. The van der Waals surface area contributed by atoms with Crippen molar-refractivity contribution in [3.05, 3.63) is 70.8 Å². The summed E-state index contributed by atoms with van der Waals surface area (Å²) in [6.45, 7) is 4.29. The van der Waals surface area contributed by atoms with Gasteiger partial charge in [0.15, 0.2) is 0 Å². The van der Waals surface area contributed by atoms with Crippen LogP contribution in [-0.4, -0.2) is 5.88 Å². The normalized spacial score (nSPS) is 12.4. The van der Waals surface area contributed by atoms with Crippen molar-refractivity contribution in [3.63, 3.8) is 0 Å². The number of aryl methyl sites for hydroxylation is 2. The summed E-state index contributed by atoms with van der Waals surface area (Å²) in [7, 11) is 0. The van der Waals surface area contributed by atoms with Crippen LogP contribution < -0.4 is 0 Å². The molecule has 0 spiro atoms. The van der Waals surface area contributed by atoms with Gasteiger partial charge in [-0.1, -0.05) is 54.1 Å². The van der Waals surface area contributed by atoms with Crippen molar-refractivity contribution in [2.75, 3.05) is 5.88 Å². The van der Waals surface area contributed by atoms with E-state index in [1.165, 1.54) is 22.3 Å². The maximum Gasteiger partial charge on any atom is 0.0295 e. The minimum absolute atomic E-state index is 0.398. The fraction of sp³-hybridized carbons (Fsp3) is 0.294. The van der Waals surface area contributed by atoms with Crippen LogP contribution in [0.15, 0.2) is 48.5 Å². The molecule has 2 rings (SSSR count). The molecule has 0 fully saturated rings. The molecule has 1 heteroatoms. The van der Waals surface area contributed by atoms with E-state index in [1.807, 2.05) is 0 Å². The summed E-state index contributed by atoms with van der Waals surface area (Å²) in [5.74, 6) is 1.06. The van der Waals surface area contributed by atoms with E-state index in [9.17, 15) is 0 Å². The molecule has 0 aromatic heterocycles. The molecule has 2 aromatic carbocycles. The lowest BCUT2D eigenvalue weighted by Gasteiger charge is -2.17. The average Bonchev–Trinajstić information content (AvgIpc) is 2.37. The van der Waals surface area contributed by atoms with Gasteiger partial charge in [0.05, 0.1) is 0 Å². The second kappa shape index (κ2) is 6.06. The highest BCUT2D eigenvalue weighted by atomic mass is 35.5. The highest BCUT2D eigenvalue weighted by Crippen LogP contribution is 2.25. The molecule has 94 valence electrons. The summed E-state index contributed by atoms with van der Waals surface area (Å²) >= 11 is 6.16. The van der Waals surface area contributed by atoms with Gasteiger partial charge in [-0.25, -0.2) is 0 Å². The number of benzene rings is 2. The minimum Gasteiger partial charge on any atom is -0.126 e. The van der Waals surface area contributed by atoms with E-state index in [0.29, 0.717) is 11.8 Å². The van der Waals surface area contributed by atoms with Gasteiger partial charge >= 0.3 is 0 Å². The molecule has 0 aliphatic carbocycles. The van der Waals surface area contributed by atoms with Gasteiger partial charge in [-0.05, 0) is 37.0 Å². The Morgan fingerprint density at radius 2 is 1.78 bits per heavy atom. The van der Waals surface area contributed by atoms with Gasteiger partial charge in [-0.15, -0.1) is 11.6 Å². The predicted octanol–water partition coefficient (Wildman–Crippen LogP) is 4.87. The number of alkyl halides is 1. The molecule has 0 radical (unpaired) electrons. The summed E-state index contributed by atoms with van der Waals surface area (Å²) < 4.78 is 0. The van der Waals surface area contributed by atoms with Crippen LogP contribution in [0, 0.1) is 13.8 Å². The molecule has 0 bridgehead atoms. The molecule has 0 amide bonds. The summed E-state index contributed by atoms with van der Waals surface area (Å²) in [6, 6.07) is 17.2. The highest BCUT2D eigenvalue weighted by Gasteiger charge is 2.13. The summed E-state index contributed by atoms with van der Waals surface area (Å²) in [6.07, 6.45) is 1.01. The van der Waals surface area contributed by atoms with E-state index in [1.54, 1.807) is 0 Å². The summed E-state index contributed by atoms with van der Waals surface area (Å²) in [4.78, 5) is 0. The van der Waals surface area contributed by atoms with Crippen LogP contribution in [0.2, 0.25) is 0 Å². The summed E-state index contributed by atoms with van der Waals surface area (Å²) in [5, 5.41) is 0. The molecule has 0 N–H and O–H groups in total. The van der Waals surface area contributed by atoms with Crippen molar-refractivity contribution in [1.29, 1.82) is 0 Å². The highest BCUT2D eigenvalue weighted by molar-refractivity contribution is 6.18. The minimum atomic E-state index is 0.398. The number of rotatable bonds is 4. The van der Waals surface area contributed by atoms with Crippen molar-refractivity contribution >= 4 is 11.6 Å². The molecule has 0 heterocycles. The molecular weight excluding hydrogens is 240 g/mol. The Bertz CT molecular complexity index is 517. The fourth-order valence-corrected chi connectivity index (χ4v) is 2.69. The van der Waals surface area contributed by atoms with E-state index < -0.39 is 0 Å². The summed E-state index contributed by atoms with van der Waals surface area (Å²) in [5.41, 5.74) is 5.37. The first kappa shape index (κ1) is 13.2. The molecular formula is C17H19Cl. The van der Waals surface area contributed by atoms with E-state index in [4.69, 9.17) is 11.6 Å². The predicted molar refractivity (Wildman–Crippen MR) is 79.5 cm³/mol. The zero-order valence-corrected chi connectivity index (χ0v) is 11.7. The standard InChI is InChI=1S/C17H19Cl/c1-13-6-5-8-15(10-13)11-16(12-18)17-9-4-3-7-14(17)2/h3-10,16H,11-12H2,1-2H3. The van der Waals surface area contributed by atoms with Crippen molar-refractivity contribution in [3.8, 4) is 0 Å². The monoisotopic (exact) mass is 258 g/mol. The molecule has 1 atom stereocenters. The van der Waals surface area contributed by atoms with Crippen LogP contribution in [0.5, 0.6) is 0 Å². The van der Waals surface area contributed by atoms with Crippen molar-refractivity contribution < 1.29 is 0 Å². The van der Waals surface area contributed by atoms with Gasteiger partial charge in [0, 0.05) is 11.8 Å². The fourth-order valence-electron chi connectivity index (χ4n) is 2.42. The Morgan fingerprint density at radius 3 is 2.44 bits per heavy atom. The van der Waals surface area contributed by atoms with Crippen LogP contribution in [0.4, 0.5) is 0 Å². The van der Waals surface area contributed by atoms with Crippen LogP contribution in [0.1, 0.15) is 28.2 Å². The van der Waals surface area contributed by atoms with E-state index >= 15 is 0 Å². The van der Waals surface area contributed by atoms with Gasteiger partial charge in [-0.3, -0.25) is 0 Å². The molecule has 0 aliphatic heterocycles. The van der Waals surface area contributed by atoms with Gasteiger partial charge in [0.25, 0.3) is 0 Å². The first-order valence-corrected chi connectivity index (χ1v) is 6.91. The van der Waals surface area contributed by atoms with E-state index in [2.05, 4.69) is 62.4 Å². The molecule has 0 saturated carbocycles. The molecule has 1 unspecified atom stereocenters. The van der Waals surface area contributed by atoms with E-state index in [0.717, 1.165) is 6.42 Å². The lowest BCUT2D eigenvalue weighted by atomic mass is 9.90. The Labute approximate surface area is 115 Å². The van der Waals surface area contributed by atoms with Crippen LogP contribution in [0.3, 0.4) is 0 Å². The van der Waals surface area contributed by atoms with Gasteiger partial charge in [-0.2, -0.15) is 0 Å². The van der Waals surface area contributed by atoms with Crippen molar-refractivity contribution in [2.24, 2.45) is 0 Å². The smallest absolute Gasteiger partial charge is 0.0295 e. The van der Waals surface area contributed by atoms with Crippen LogP contribution in [0.25, 0.3) is 0 Å². The first-order chi connectivity index (χ1) is 8.70. The SMILES string of the molecule is Cc1cccc(CC(CCl)c2ccccc2C)c1. The maximum absolute atomic E-state index is 6.16. The van der Waals surface area contributed by atoms with Crippen molar-refractivity contribution in [2.45, 2.75) is 26.2 Å². The zero-order valence-electron chi connectivity index (χ0n) is 11.0. The molecule has 0 aliphatic rings. The average molecular weight is 259 g/mol. The molecule has 18 heavy (non-hydrogen) atoms. The third-order valence-corrected chi connectivity index (χ3v) is 3.75. The Hall–Kier alpha value is -1.27. The number of hydrogen-bond acceptors (Lipinski definition) is 0. The molecule has 2 aromatic rings. The molecule has 0 nitrogen and oxygen atoms in total. The second-order valence-electron chi connectivity index (χ2n) is 4.90. The Kier molecular flexibility index (Phi) is 4.43. The first-order valence-electron chi connectivity index (χ1n) is 6.37. The quantitative estimate of drug-likeness (QED) is 0.687. The Balaban J connectivity index is 2.23.